The van der Waals surface area contributed by atoms with E-state index < -0.39 is 21.7 Å². The third-order valence-corrected chi connectivity index (χ3v) is 7.10. The molecule has 0 saturated heterocycles. The van der Waals surface area contributed by atoms with Gasteiger partial charge in [-0.15, -0.1) is 0 Å². The summed E-state index contributed by atoms with van der Waals surface area (Å²) in [4.78, 5) is 12.6. The molecule has 30 heavy (non-hydrogen) atoms. The van der Waals surface area contributed by atoms with Crippen molar-refractivity contribution in [2.75, 3.05) is 18.4 Å². The lowest BCUT2D eigenvalue weighted by atomic mass is 10.2. The van der Waals surface area contributed by atoms with Crippen LogP contribution in [0.25, 0.3) is 0 Å². The number of sulfonamides is 1. The van der Waals surface area contributed by atoms with Crippen molar-refractivity contribution in [1.29, 1.82) is 0 Å². The van der Waals surface area contributed by atoms with E-state index in [1.165, 1.54) is 58.1 Å². The van der Waals surface area contributed by atoms with E-state index in [0.29, 0.717) is 24.4 Å². The van der Waals surface area contributed by atoms with Gasteiger partial charge in [0.1, 0.15) is 11.6 Å². The van der Waals surface area contributed by atoms with E-state index in [1.807, 2.05) is 0 Å². The molecule has 0 aliphatic heterocycles. The van der Waals surface area contributed by atoms with Crippen LogP contribution in [0.5, 0.6) is 11.5 Å². The summed E-state index contributed by atoms with van der Waals surface area (Å²) in [5.74, 6) is -0.211. The van der Waals surface area contributed by atoms with Crippen molar-refractivity contribution >= 4 is 33.0 Å². The molecule has 3 rings (SSSR count). The van der Waals surface area contributed by atoms with Gasteiger partial charge < -0.3 is 10.1 Å². The van der Waals surface area contributed by atoms with Gasteiger partial charge in [-0.1, -0.05) is 13.8 Å². The molecule has 3 aromatic rings. The number of carbonyl (C=O) groups is 1. The van der Waals surface area contributed by atoms with Crippen LogP contribution in [0.1, 0.15) is 24.2 Å². The lowest BCUT2D eigenvalue weighted by molar-refractivity contribution is 0.102. The van der Waals surface area contributed by atoms with Crippen molar-refractivity contribution in [3.8, 4) is 11.5 Å². The average Bonchev–Trinajstić information content (AvgIpc) is 3.26. The van der Waals surface area contributed by atoms with Crippen molar-refractivity contribution in [2.24, 2.45) is 0 Å². The zero-order valence-corrected chi connectivity index (χ0v) is 18.1. The van der Waals surface area contributed by atoms with Gasteiger partial charge in [0, 0.05) is 18.5 Å². The van der Waals surface area contributed by atoms with Crippen LogP contribution in [-0.2, 0) is 10.0 Å². The number of benzene rings is 2. The monoisotopic (exact) mass is 448 g/mol. The Hall–Kier alpha value is -2.75. The van der Waals surface area contributed by atoms with Gasteiger partial charge in [-0.3, -0.25) is 4.79 Å². The molecule has 1 N–H and O–H groups in total. The minimum absolute atomic E-state index is 0.0401. The molecule has 158 valence electrons. The third kappa shape index (κ3) is 4.86. The van der Waals surface area contributed by atoms with E-state index in [9.17, 15) is 17.6 Å². The van der Waals surface area contributed by atoms with Crippen molar-refractivity contribution in [3.63, 3.8) is 0 Å². The second kappa shape index (κ2) is 9.38. The molecular formula is C21H21FN2O4S2. The van der Waals surface area contributed by atoms with E-state index in [1.54, 1.807) is 30.7 Å². The summed E-state index contributed by atoms with van der Waals surface area (Å²) in [7, 11) is -3.73. The average molecular weight is 449 g/mol. The van der Waals surface area contributed by atoms with Crippen molar-refractivity contribution in [1.82, 2.24) is 4.31 Å². The van der Waals surface area contributed by atoms with Crippen LogP contribution in [0, 0.1) is 5.82 Å². The van der Waals surface area contributed by atoms with Crippen LogP contribution in [0.2, 0.25) is 0 Å². The zero-order valence-electron chi connectivity index (χ0n) is 16.5. The second-order valence-electron chi connectivity index (χ2n) is 6.27. The second-order valence-corrected chi connectivity index (χ2v) is 8.99. The molecule has 0 radical (unpaired) electrons. The van der Waals surface area contributed by atoms with Gasteiger partial charge in [-0.25, -0.2) is 12.8 Å². The highest BCUT2D eigenvalue weighted by molar-refractivity contribution is 7.89. The Kier molecular flexibility index (Phi) is 6.86. The summed E-state index contributed by atoms with van der Waals surface area (Å²) in [6.45, 7) is 4.16. The summed E-state index contributed by atoms with van der Waals surface area (Å²) in [6.07, 6.45) is 0. The molecular weight excluding hydrogens is 427 g/mol. The fourth-order valence-corrected chi connectivity index (χ4v) is 4.91. The van der Waals surface area contributed by atoms with Crippen LogP contribution in [0.15, 0.2) is 64.2 Å². The fraction of sp³-hybridized carbons (Fsp3) is 0.190. The molecule has 0 unspecified atom stereocenters. The standard InChI is InChI=1S/C21H21FN2O4S2/c1-3-24(4-2)30(26,27)18-9-10-20(28-17-7-5-16(22)6-8-17)19(13-18)23-21(25)15-11-12-29-14-15/h5-14H,3-4H2,1-2H3,(H,23,25). The number of nitrogens with one attached hydrogen (secondary N) is 1. The van der Waals surface area contributed by atoms with Gasteiger partial charge >= 0.3 is 0 Å². The molecule has 0 bridgehead atoms. The Labute approximate surface area is 179 Å². The first-order chi connectivity index (χ1) is 14.3. The summed E-state index contributed by atoms with van der Waals surface area (Å²) in [5, 5.41) is 6.17. The van der Waals surface area contributed by atoms with Gasteiger partial charge in [0.25, 0.3) is 5.91 Å². The predicted octanol–water partition coefficient (Wildman–Crippen LogP) is 4.96. The Morgan fingerprint density at radius 1 is 1.10 bits per heavy atom. The molecule has 0 saturated carbocycles. The maximum Gasteiger partial charge on any atom is 0.256 e. The number of nitrogens with zero attached hydrogens (tertiary/aromatic N) is 1. The number of hydrogen-bond acceptors (Lipinski definition) is 5. The third-order valence-electron chi connectivity index (χ3n) is 4.37. The van der Waals surface area contributed by atoms with Crippen molar-refractivity contribution in [3.05, 3.63) is 70.7 Å². The highest BCUT2D eigenvalue weighted by Crippen LogP contribution is 2.33. The largest absolute Gasteiger partial charge is 0.455 e. The first-order valence-electron chi connectivity index (χ1n) is 9.26. The molecule has 9 heteroatoms. The summed E-state index contributed by atoms with van der Waals surface area (Å²) in [6, 6.07) is 11.3. The number of thiophene rings is 1. The molecule has 1 heterocycles. The number of hydrogen-bond donors (Lipinski definition) is 1. The Bertz CT molecular complexity index is 1110. The first kappa shape index (κ1) is 21.9. The predicted molar refractivity (Wildman–Crippen MR) is 115 cm³/mol. The minimum Gasteiger partial charge on any atom is -0.455 e. The lowest BCUT2D eigenvalue weighted by Crippen LogP contribution is -2.30. The SMILES string of the molecule is CCN(CC)S(=O)(=O)c1ccc(Oc2ccc(F)cc2)c(NC(=O)c2ccsc2)c1. The maximum absolute atomic E-state index is 13.2. The van der Waals surface area contributed by atoms with Crippen LogP contribution >= 0.6 is 11.3 Å². The van der Waals surface area contributed by atoms with E-state index in [-0.39, 0.29) is 16.3 Å². The van der Waals surface area contributed by atoms with Crippen LogP contribution in [0.4, 0.5) is 10.1 Å². The smallest absolute Gasteiger partial charge is 0.256 e. The summed E-state index contributed by atoms with van der Waals surface area (Å²) < 4.78 is 46.1. The molecule has 0 aliphatic carbocycles. The number of anilines is 1. The Morgan fingerprint density at radius 3 is 2.40 bits per heavy atom. The molecule has 1 amide bonds. The van der Waals surface area contributed by atoms with Gasteiger partial charge in [0.15, 0.2) is 5.75 Å². The molecule has 2 aromatic carbocycles. The molecule has 0 aliphatic rings. The number of rotatable bonds is 8. The maximum atomic E-state index is 13.2. The molecule has 0 fully saturated rings. The van der Waals surface area contributed by atoms with Crippen LogP contribution in [0.3, 0.4) is 0 Å². The quantitative estimate of drug-likeness (QED) is 0.528. The number of amides is 1. The number of halogens is 1. The molecule has 0 spiro atoms. The van der Waals surface area contributed by atoms with Crippen molar-refractivity contribution in [2.45, 2.75) is 18.7 Å². The van der Waals surface area contributed by atoms with Crippen LogP contribution < -0.4 is 10.1 Å². The van der Waals surface area contributed by atoms with E-state index in [0.717, 1.165) is 0 Å². The summed E-state index contributed by atoms with van der Waals surface area (Å²) in [5.41, 5.74) is 0.647. The van der Waals surface area contributed by atoms with Gasteiger partial charge in [-0.05, 0) is 53.9 Å². The Morgan fingerprint density at radius 2 is 1.80 bits per heavy atom. The Balaban J connectivity index is 2.00. The number of carbonyl (C=O) groups excluding carboxylic acids is 1. The van der Waals surface area contributed by atoms with E-state index in [4.69, 9.17) is 4.74 Å². The van der Waals surface area contributed by atoms with Gasteiger partial charge in [-0.2, -0.15) is 15.6 Å². The fourth-order valence-electron chi connectivity index (χ4n) is 2.79. The normalized spacial score (nSPS) is 11.5. The molecule has 6 nitrogen and oxygen atoms in total. The van der Waals surface area contributed by atoms with Crippen LogP contribution in [-0.4, -0.2) is 31.7 Å². The highest BCUT2D eigenvalue weighted by Gasteiger charge is 2.23. The topological polar surface area (TPSA) is 75.7 Å². The zero-order chi connectivity index (χ0) is 21.7. The molecule has 0 atom stereocenters. The number of ether oxygens (including phenoxy) is 1. The van der Waals surface area contributed by atoms with Gasteiger partial charge in [0.05, 0.1) is 16.1 Å². The lowest BCUT2D eigenvalue weighted by Gasteiger charge is -2.20. The van der Waals surface area contributed by atoms with Crippen molar-refractivity contribution < 1.29 is 22.3 Å². The minimum atomic E-state index is -3.73. The van der Waals surface area contributed by atoms with E-state index in [2.05, 4.69) is 5.32 Å². The van der Waals surface area contributed by atoms with E-state index >= 15 is 0 Å². The first-order valence-corrected chi connectivity index (χ1v) is 11.6. The highest BCUT2D eigenvalue weighted by atomic mass is 32.2. The van der Waals surface area contributed by atoms with Gasteiger partial charge in [0.2, 0.25) is 10.0 Å². The molecule has 1 aromatic heterocycles. The summed E-state index contributed by atoms with van der Waals surface area (Å²) >= 11 is 1.37.